The first-order valence-electron chi connectivity index (χ1n) is 11.8. The van der Waals surface area contributed by atoms with Gasteiger partial charge in [0.1, 0.15) is 18.4 Å². The summed E-state index contributed by atoms with van der Waals surface area (Å²) in [4.78, 5) is 27.9. The summed E-state index contributed by atoms with van der Waals surface area (Å²) in [7, 11) is -4.27. The third kappa shape index (κ3) is 7.24. The Kier molecular flexibility index (Phi) is 9.76. The van der Waals surface area contributed by atoms with Crippen LogP contribution in [0.3, 0.4) is 0 Å². The topological polar surface area (TPSA) is 86.8 Å². The summed E-state index contributed by atoms with van der Waals surface area (Å²) in [5.74, 6) is -1.80. The molecule has 0 radical (unpaired) electrons. The number of halogens is 3. The fourth-order valence-electron chi connectivity index (χ4n) is 3.71. The summed E-state index contributed by atoms with van der Waals surface area (Å²) < 4.78 is 42.1. The number of carbonyl (C=O) groups excluding carboxylic acids is 2. The zero-order valence-corrected chi connectivity index (χ0v) is 23.4. The number of rotatable bonds is 10. The lowest BCUT2D eigenvalue weighted by Crippen LogP contribution is -2.52. The number of hydrogen-bond donors (Lipinski definition) is 1. The Bertz CT molecular complexity index is 1400. The number of anilines is 1. The van der Waals surface area contributed by atoms with Gasteiger partial charge in [-0.2, -0.15) is 0 Å². The van der Waals surface area contributed by atoms with Crippen LogP contribution in [0.4, 0.5) is 10.1 Å². The molecule has 11 heteroatoms. The van der Waals surface area contributed by atoms with Crippen LogP contribution in [0.1, 0.15) is 26.3 Å². The number of benzene rings is 3. The fraction of sp³-hybridized carbons (Fsp3) is 0.259. The van der Waals surface area contributed by atoms with Crippen molar-refractivity contribution in [1.82, 2.24) is 10.2 Å². The maximum absolute atomic E-state index is 13.9. The standard InChI is InChI=1S/C27H28Cl2FN3O4S/c1-18(2)31-27(35)19(3)32(16-20-8-7-9-21(28)14-20)26(34)17-33(22-12-13-25(30)24(29)15-22)38(36,37)23-10-5-4-6-11-23/h4-15,18-19H,16-17H2,1-3H3,(H,31,35)/t19-/m0/s1. The first kappa shape index (κ1) is 29.4. The monoisotopic (exact) mass is 579 g/mol. The van der Waals surface area contributed by atoms with Gasteiger partial charge < -0.3 is 10.2 Å². The van der Waals surface area contributed by atoms with Crippen LogP contribution in [0, 0.1) is 5.82 Å². The average molecular weight is 581 g/mol. The quantitative estimate of drug-likeness (QED) is 0.354. The maximum Gasteiger partial charge on any atom is 0.264 e. The predicted molar refractivity (Wildman–Crippen MR) is 147 cm³/mol. The largest absolute Gasteiger partial charge is 0.352 e. The van der Waals surface area contributed by atoms with Gasteiger partial charge in [0.25, 0.3) is 10.0 Å². The Hall–Kier alpha value is -3.14. The molecule has 0 bridgehead atoms. The van der Waals surface area contributed by atoms with E-state index < -0.39 is 40.2 Å². The third-order valence-electron chi connectivity index (χ3n) is 5.64. The van der Waals surface area contributed by atoms with E-state index in [1.165, 1.54) is 23.1 Å². The molecule has 0 saturated heterocycles. The van der Waals surface area contributed by atoms with Crippen molar-refractivity contribution in [3.05, 3.63) is 94.2 Å². The number of hydrogen-bond acceptors (Lipinski definition) is 4. The van der Waals surface area contributed by atoms with Gasteiger partial charge in [-0.15, -0.1) is 0 Å². The second-order valence-corrected chi connectivity index (χ2v) is 11.6. The van der Waals surface area contributed by atoms with E-state index >= 15 is 0 Å². The molecule has 7 nitrogen and oxygen atoms in total. The fourth-order valence-corrected chi connectivity index (χ4v) is 5.52. The summed E-state index contributed by atoms with van der Waals surface area (Å²) in [6.07, 6.45) is 0. The Morgan fingerprint density at radius 2 is 1.63 bits per heavy atom. The van der Waals surface area contributed by atoms with E-state index in [0.29, 0.717) is 10.6 Å². The normalized spacial score (nSPS) is 12.2. The highest BCUT2D eigenvalue weighted by Crippen LogP contribution is 2.28. The zero-order valence-electron chi connectivity index (χ0n) is 21.1. The molecule has 202 valence electrons. The average Bonchev–Trinajstić information content (AvgIpc) is 2.87. The van der Waals surface area contributed by atoms with E-state index in [4.69, 9.17) is 23.2 Å². The zero-order chi connectivity index (χ0) is 28.0. The van der Waals surface area contributed by atoms with Crippen LogP contribution in [-0.2, 0) is 26.2 Å². The number of nitrogens with zero attached hydrogens (tertiary/aromatic N) is 2. The van der Waals surface area contributed by atoms with E-state index in [1.807, 2.05) is 0 Å². The Morgan fingerprint density at radius 1 is 0.947 bits per heavy atom. The molecular weight excluding hydrogens is 552 g/mol. The molecule has 0 saturated carbocycles. The SMILES string of the molecule is CC(C)NC(=O)[C@H](C)N(Cc1cccc(Cl)c1)C(=O)CN(c1ccc(F)c(Cl)c1)S(=O)(=O)c1ccccc1. The smallest absolute Gasteiger partial charge is 0.264 e. The highest BCUT2D eigenvalue weighted by Gasteiger charge is 2.33. The van der Waals surface area contributed by atoms with E-state index in [-0.39, 0.29) is 28.2 Å². The second-order valence-electron chi connectivity index (χ2n) is 8.91. The minimum absolute atomic E-state index is 0.00408. The Labute approximate surface area is 232 Å². The minimum Gasteiger partial charge on any atom is -0.352 e. The van der Waals surface area contributed by atoms with Crippen molar-refractivity contribution in [3.63, 3.8) is 0 Å². The summed E-state index contributed by atoms with van der Waals surface area (Å²) in [5.41, 5.74) is 0.646. The molecule has 0 aliphatic heterocycles. The van der Waals surface area contributed by atoms with Crippen molar-refractivity contribution in [2.45, 2.75) is 44.3 Å². The lowest BCUT2D eigenvalue weighted by atomic mass is 10.1. The van der Waals surface area contributed by atoms with Crippen LogP contribution in [0.25, 0.3) is 0 Å². The van der Waals surface area contributed by atoms with E-state index in [0.717, 1.165) is 16.4 Å². The number of nitrogens with one attached hydrogen (secondary N) is 1. The molecule has 1 N–H and O–H groups in total. The second kappa shape index (κ2) is 12.6. The molecule has 0 aromatic heterocycles. The van der Waals surface area contributed by atoms with Crippen LogP contribution >= 0.6 is 23.2 Å². The molecule has 1 atom stereocenters. The summed E-state index contributed by atoms with van der Waals surface area (Å²) in [5, 5.41) is 2.93. The van der Waals surface area contributed by atoms with E-state index in [1.54, 1.807) is 63.2 Å². The van der Waals surface area contributed by atoms with Crippen molar-refractivity contribution in [1.29, 1.82) is 0 Å². The lowest BCUT2D eigenvalue weighted by molar-refractivity contribution is -0.139. The van der Waals surface area contributed by atoms with Gasteiger partial charge in [-0.1, -0.05) is 53.5 Å². The summed E-state index contributed by atoms with van der Waals surface area (Å²) >= 11 is 12.1. The number of amides is 2. The molecule has 0 aliphatic rings. The molecule has 2 amide bonds. The van der Waals surface area contributed by atoms with Crippen molar-refractivity contribution in [2.75, 3.05) is 10.8 Å². The molecule has 0 spiro atoms. The highest BCUT2D eigenvalue weighted by molar-refractivity contribution is 7.92. The third-order valence-corrected chi connectivity index (χ3v) is 7.95. The van der Waals surface area contributed by atoms with Crippen molar-refractivity contribution >= 4 is 50.7 Å². The first-order valence-corrected chi connectivity index (χ1v) is 14.0. The van der Waals surface area contributed by atoms with Crippen molar-refractivity contribution in [3.8, 4) is 0 Å². The minimum atomic E-state index is -4.27. The van der Waals surface area contributed by atoms with Crippen LogP contribution < -0.4 is 9.62 Å². The highest BCUT2D eigenvalue weighted by atomic mass is 35.5. The van der Waals surface area contributed by atoms with Crippen LogP contribution in [0.5, 0.6) is 0 Å². The summed E-state index contributed by atoms with van der Waals surface area (Å²) in [6.45, 7) is 4.47. The first-order chi connectivity index (χ1) is 17.9. The van der Waals surface area contributed by atoms with Crippen LogP contribution in [0.2, 0.25) is 10.0 Å². The van der Waals surface area contributed by atoms with Gasteiger partial charge in [0.05, 0.1) is 15.6 Å². The molecule has 38 heavy (non-hydrogen) atoms. The van der Waals surface area contributed by atoms with E-state index in [2.05, 4.69) is 5.32 Å². The Morgan fingerprint density at radius 3 is 2.24 bits per heavy atom. The molecule has 3 rings (SSSR count). The molecule has 0 aliphatic carbocycles. The molecule has 0 unspecified atom stereocenters. The van der Waals surface area contributed by atoms with E-state index in [9.17, 15) is 22.4 Å². The molecule has 3 aromatic carbocycles. The van der Waals surface area contributed by atoms with Crippen molar-refractivity contribution < 1.29 is 22.4 Å². The molecule has 0 fully saturated rings. The maximum atomic E-state index is 13.9. The van der Waals surface area contributed by atoms with Crippen molar-refractivity contribution in [2.24, 2.45) is 0 Å². The van der Waals surface area contributed by atoms with Gasteiger partial charge in [-0.3, -0.25) is 13.9 Å². The predicted octanol–water partition coefficient (Wildman–Crippen LogP) is 5.27. The van der Waals surface area contributed by atoms with Gasteiger partial charge in [0, 0.05) is 17.6 Å². The summed E-state index contributed by atoms with van der Waals surface area (Å²) in [6, 6.07) is 16.6. The van der Waals surface area contributed by atoms with Crippen LogP contribution in [-0.4, -0.2) is 43.8 Å². The number of sulfonamides is 1. The van der Waals surface area contributed by atoms with Gasteiger partial charge in [0.2, 0.25) is 11.8 Å². The number of carbonyl (C=O) groups is 2. The molecular formula is C27H28Cl2FN3O4S. The van der Waals surface area contributed by atoms with Gasteiger partial charge in [0.15, 0.2) is 0 Å². The molecule has 0 heterocycles. The Balaban J connectivity index is 2.05. The lowest BCUT2D eigenvalue weighted by Gasteiger charge is -2.32. The van der Waals surface area contributed by atoms with Gasteiger partial charge in [-0.05, 0) is 68.8 Å². The van der Waals surface area contributed by atoms with Gasteiger partial charge in [-0.25, -0.2) is 12.8 Å². The molecule has 3 aromatic rings. The van der Waals surface area contributed by atoms with Gasteiger partial charge >= 0.3 is 0 Å². The van der Waals surface area contributed by atoms with Crippen LogP contribution in [0.15, 0.2) is 77.7 Å².